The largest absolute Gasteiger partial charge is 0.394 e. The van der Waals surface area contributed by atoms with Crippen LogP contribution >= 0.6 is 0 Å². The molecule has 0 saturated carbocycles. The van der Waals surface area contributed by atoms with E-state index in [-0.39, 0.29) is 12.1 Å². The van der Waals surface area contributed by atoms with E-state index < -0.39 is 0 Å². The molecule has 1 saturated heterocycles. The van der Waals surface area contributed by atoms with Gasteiger partial charge in [0.1, 0.15) is 0 Å². The average molecular weight is 170 g/mol. The highest BCUT2D eigenvalue weighted by molar-refractivity contribution is 4.90. The first-order valence-corrected chi connectivity index (χ1v) is 4.43. The number of likely N-dealkylation sites (tertiary alicyclic amines) is 1. The van der Waals surface area contributed by atoms with Gasteiger partial charge in [-0.05, 0) is 12.8 Å². The van der Waals surface area contributed by atoms with Crippen molar-refractivity contribution >= 4 is 0 Å². The third kappa shape index (κ3) is 2.30. The smallest absolute Gasteiger partial charge is 0.0612 e. The zero-order chi connectivity index (χ0) is 9.03. The molecular weight excluding hydrogens is 152 g/mol. The molecule has 70 valence electrons. The van der Waals surface area contributed by atoms with Crippen LogP contribution in [-0.2, 0) is 0 Å². The van der Waals surface area contributed by atoms with E-state index in [9.17, 15) is 0 Å². The van der Waals surface area contributed by atoms with E-state index in [4.69, 9.17) is 10.8 Å². The fraction of sp³-hybridized carbons (Fsp3) is 0.778. The van der Waals surface area contributed by atoms with E-state index in [1.807, 2.05) is 6.08 Å². The number of aliphatic hydroxyl groups is 1. The van der Waals surface area contributed by atoms with Crippen molar-refractivity contribution in [2.45, 2.75) is 18.4 Å². The first-order chi connectivity index (χ1) is 5.70. The number of nitrogens with zero attached hydrogens (tertiary/aromatic N) is 1. The molecule has 12 heavy (non-hydrogen) atoms. The first-order valence-electron chi connectivity index (χ1n) is 4.43. The van der Waals surface area contributed by atoms with Gasteiger partial charge in [-0.15, -0.1) is 6.58 Å². The minimum Gasteiger partial charge on any atom is -0.394 e. The van der Waals surface area contributed by atoms with Crippen molar-refractivity contribution in [2.75, 3.05) is 26.2 Å². The lowest BCUT2D eigenvalue weighted by atomic mass is 9.90. The van der Waals surface area contributed by atoms with Gasteiger partial charge in [0.2, 0.25) is 0 Å². The molecule has 0 aromatic carbocycles. The fourth-order valence-corrected chi connectivity index (χ4v) is 1.52. The Labute approximate surface area is 73.9 Å². The van der Waals surface area contributed by atoms with Crippen LogP contribution in [0, 0.1) is 0 Å². The van der Waals surface area contributed by atoms with Crippen LogP contribution in [-0.4, -0.2) is 41.8 Å². The van der Waals surface area contributed by atoms with Crippen molar-refractivity contribution in [1.82, 2.24) is 4.90 Å². The molecule has 1 fully saturated rings. The second-order valence-corrected chi connectivity index (χ2v) is 3.61. The van der Waals surface area contributed by atoms with Gasteiger partial charge in [-0.3, -0.25) is 4.90 Å². The van der Waals surface area contributed by atoms with E-state index in [1.165, 1.54) is 0 Å². The van der Waals surface area contributed by atoms with Crippen molar-refractivity contribution in [3.63, 3.8) is 0 Å². The minimum atomic E-state index is -0.322. The Morgan fingerprint density at radius 1 is 1.50 bits per heavy atom. The number of rotatable bonds is 3. The summed E-state index contributed by atoms with van der Waals surface area (Å²) < 4.78 is 0. The average Bonchev–Trinajstić information content (AvgIpc) is 2.10. The second-order valence-electron chi connectivity index (χ2n) is 3.61. The van der Waals surface area contributed by atoms with Gasteiger partial charge < -0.3 is 10.8 Å². The van der Waals surface area contributed by atoms with Gasteiger partial charge in [0.15, 0.2) is 0 Å². The van der Waals surface area contributed by atoms with Crippen LogP contribution < -0.4 is 5.73 Å². The van der Waals surface area contributed by atoms with Gasteiger partial charge in [0.25, 0.3) is 0 Å². The number of aliphatic hydroxyl groups excluding tert-OH is 1. The molecule has 0 unspecified atom stereocenters. The van der Waals surface area contributed by atoms with E-state index in [0.29, 0.717) is 0 Å². The third-order valence-corrected chi connectivity index (χ3v) is 2.55. The maximum Gasteiger partial charge on any atom is 0.0612 e. The summed E-state index contributed by atoms with van der Waals surface area (Å²) >= 11 is 0. The molecule has 1 heterocycles. The lowest BCUT2D eigenvalue weighted by molar-refractivity contribution is 0.112. The summed E-state index contributed by atoms with van der Waals surface area (Å²) in [5.41, 5.74) is 5.59. The number of hydrogen-bond acceptors (Lipinski definition) is 3. The molecule has 3 heteroatoms. The Bertz CT molecular complexity index is 151. The zero-order valence-corrected chi connectivity index (χ0v) is 7.50. The predicted octanol–water partition coefficient (Wildman–Crippen LogP) is -0.0420. The van der Waals surface area contributed by atoms with Crippen molar-refractivity contribution in [2.24, 2.45) is 5.73 Å². The summed E-state index contributed by atoms with van der Waals surface area (Å²) in [5, 5.41) is 9.00. The maximum atomic E-state index is 9.00. The molecular formula is C9H18N2O. The molecule has 0 spiro atoms. The van der Waals surface area contributed by atoms with Crippen LogP contribution in [0.2, 0.25) is 0 Å². The van der Waals surface area contributed by atoms with Gasteiger partial charge in [0, 0.05) is 25.2 Å². The Morgan fingerprint density at radius 3 is 2.50 bits per heavy atom. The summed E-state index contributed by atoms with van der Waals surface area (Å²) in [6.07, 6.45) is 3.68. The normalized spacial score (nSPS) is 23.8. The van der Waals surface area contributed by atoms with E-state index >= 15 is 0 Å². The van der Waals surface area contributed by atoms with Crippen LogP contribution in [0.4, 0.5) is 0 Å². The van der Waals surface area contributed by atoms with Crippen LogP contribution in [0.25, 0.3) is 0 Å². The highest BCUT2D eigenvalue weighted by Crippen LogP contribution is 2.18. The summed E-state index contributed by atoms with van der Waals surface area (Å²) in [4.78, 5) is 2.30. The predicted molar refractivity (Wildman–Crippen MR) is 49.9 cm³/mol. The lowest BCUT2D eigenvalue weighted by Gasteiger charge is -2.37. The minimum absolute atomic E-state index is 0.106. The molecule has 0 bridgehead atoms. The van der Waals surface area contributed by atoms with Crippen molar-refractivity contribution in [3.05, 3.63) is 12.7 Å². The van der Waals surface area contributed by atoms with E-state index in [2.05, 4.69) is 11.5 Å². The number of nitrogens with two attached hydrogens (primary N) is 1. The highest BCUT2D eigenvalue weighted by atomic mass is 16.3. The standard InChI is InChI=1S/C9H18N2O/c1-2-5-11-6-3-9(10,8-12)4-7-11/h2,12H,1,3-8,10H2. The second kappa shape index (κ2) is 4.03. The summed E-state index contributed by atoms with van der Waals surface area (Å²) in [5.74, 6) is 0. The molecule has 1 aliphatic rings. The molecule has 0 aliphatic carbocycles. The SMILES string of the molecule is C=CCN1CCC(N)(CO)CC1. The molecule has 3 nitrogen and oxygen atoms in total. The Hall–Kier alpha value is -0.380. The third-order valence-electron chi connectivity index (χ3n) is 2.55. The number of piperidine rings is 1. The molecule has 0 aromatic heterocycles. The quantitative estimate of drug-likeness (QED) is 0.584. The van der Waals surface area contributed by atoms with Gasteiger partial charge in [0.05, 0.1) is 6.61 Å². The summed E-state index contributed by atoms with van der Waals surface area (Å²) in [6, 6.07) is 0. The van der Waals surface area contributed by atoms with Crippen LogP contribution in [0.1, 0.15) is 12.8 Å². The number of hydrogen-bond donors (Lipinski definition) is 2. The molecule has 0 aromatic rings. The Balaban J connectivity index is 2.33. The summed E-state index contributed by atoms with van der Waals surface area (Å²) in [6.45, 7) is 6.68. The van der Waals surface area contributed by atoms with Crippen molar-refractivity contribution < 1.29 is 5.11 Å². The van der Waals surface area contributed by atoms with Gasteiger partial charge in [-0.25, -0.2) is 0 Å². The van der Waals surface area contributed by atoms with Crippen LogP contribution in [0.5, 0.6) is 0 Å². The Morgan fingerprint density at radius 2 is 2.08 bits per heavy atom. The van der Waals surface area contributed by atoms with Gasteiger partial charge in [-0.2, -0.15) is 0 Å². The van der Waals surface area contributed by atoms with Gasteiger partial charge >= 0.3 is 0 Å². The molecule has 0 atom stereocenters. The van der Waals surface area contributed by atoms with Crippen molar-refractivity contribution in [1.29, 1.82) is 0 Å². The summed E-state index contributed by atoms with van der Waals surface area (Å²) in [7, 11) is 0. The zero-order valence-electron chi connectivity index (χ0n) is 7.50. The fourth-order valence-electron chi connectivity index (χ4n) is 1.52. The van der Waals surface area contributed by atoms with Crippen LogP contribution in [0.3, 0.4) is 0 Å². The van der Waals surface area contributed by atoms with Crippen LogP contribution in [0.15, 0.2) is 12.7 Å². The van der Waals surface area contributed by atoms with Gasteiger partial charge in [-0.1, -0.05) is 6.08 Å². The lowest BCUT2D eigenvalue weighted by Crippen LogP contribution is -2.52. The molecule has 0 radical (unpaired) electrons. The highest BCUT2D eigenvalue weighted by Gasteiger charge is 2.29. The maximum absolute atomic E-state index is 9.00. The van der Waals surface area contributed by atoms with E-state index in [0.717, 1.165) is 32.5 Å². The molecule has 1 rings (SSSR count). The van der Waals surface area contributed by atoms with E-state index in [1.54, 1.807) is 0 Å². The monoisotopic (exact) mass is 170 g/mol. The Kier molecular flexibility index (Phi) is 3.26. The molecule has 0 amide bonds. The first kappa shape index (κ1) is 9.71. The molecule has 3 N–H and O–H groups in total. The topological polar surface area (TPSA) is 49.5 Å². The molecule has 1 aliphatic heterocycles. The van der Waals surface area contributed by atoms with Crippen molar-refractivity contribution in [3.8, 4) is 0 Å².